The first-order valence-corrected chi connectivity index (χ1v) is 8.77. The predicted octanol–water partition coefficient (Wildman–Crippen LogP) is 3.46. The Morgan fingerprint density at radius 1 is 0.724 bits per heavy atom. The highest BCUT2D eigenvalue weighted by molar-refractivity contribution is 6.05. The van der Waals surface area contributed by atoms with E-state index in [2.05, 4.69) is 16.2 Å². The lowest BCUT2D eigenvalue weighted by molar-refractivity contribution is 0.0844. The number of hydrogen-bond donors (Lipinski definition) is 3. The standard InChI is InChI=1S/C22H18FN3O3/c1-14-5-4-6-16(13-14)20(27)24-17-11-9-15(10-12-17)21(28)25-26-22(29)18-7-2-3-8-19(18)23/h2-13H,1H3,(H,24,27)(H,25,28)(H,26,29). The predicted molar refractivity (Wildman–Crippen MR) is 107 cm³/mol. The second kappa shape index (κ2) is 8.79. The number of benzene rings is 3. The highest BCUT2D eigenvalue weighted by atomic mass is 19.1. The number of carbonyl (C=O) groups is 3. The van der Waals surface area contributed by atoms with Gasteiger partial charge in [0, 0.05) is 16.8 Å². The van der Waals surface area contributed by atoms with Crippen LogP contribution in [-0.2, 0) is 0 Å². The van der Waals surface area contributed by atoms with E-state index in [1.807, 2.05) is 13.0 Å². The highest BCUT2D eigenvalue weighted by Gasteiger charge is 2.13. The van der Waals surface area contributed by atoms with E-state index in [9.17, 15) is 18.8 Å². The first-order chi connectivity index (χ1) is 13.9. The zero-order chi connectivity index (χ0) is 20.8. The molecule has 0 aliphatic rings. The molecule has 3 aromatic rings. The minimum Gasteiger partial charge on any atom is -0.322 e. The third-order valence-corrected chi connectivity index (χ3v) is 4.09. The highest BCUT2D eigenvalue weighted by Crippen LogP contribution is 2.12. The van der Waals surface area contributed by atoms with Crippen LogP contribution >= 0.6 is 0 Å². The van der Waals surface area contributed by atoms with Gasteiger partial charge < -0.3 is 5.32 Å². The Bertz CT molecular complexity index is 1060. The Morgan fingerprint density at radius 3 is 2.10 bits per heavy atom. The maximum atomic E-state index is 13.6. The number of nitrogens with one attached hydrogen (secondary N) is 3. The van der Waals surface area contributed by atoms with Crippen molar-refractivity contribution in [3.63, 3.8) is 0 Å². The van der Waals surface area contributed by atoms with Gasteiger partial charge >= 0.3 is 0 Å². The molecule has 0 fully saturated rings. The molecule has 3 N–H and O–H groups in total. The molecule has 3 amide bonds. The maximum absolute atomic E-state index is 13.6. The van der Waals surface area contributed by atoms with Crippen LogP contribution in [0.4, 0.5) is 10.1 Å². The van der Waals surface area contributed by atoms with Crippen molar-refractivity contribution in [1.29, 1.82) is 0 Å². The summed E-state index contributed by atoms with van der Waals surface area (Å²) in [5.41, 5.74) is 6.49. The zero-order valence-corrected chi connectivity index (χ0v) is 15.5. The van der Waals surface area contributed by atoms with E-state index in [-0.39, 0.29) is 17.0 Å². The Balaban J connectivity index is 1.58. The molecule has 0 aromatic heterocycles. The first-order valence-electron chi connectivity index (χ1n) is 8.77. The molecule has 3 rings (SSSR count). The van der Waals surface area contributed by atoms with Gasteiger partial charge in [-0.05, 0) is 55.5 Å². The summed E-state index contributed by atoms with van der Waals surface area (Å²) in [6, 6.07) is 18.8. The topological polar surface area (TPSA) is 87.3 Å². The fraction of sp³-hybridized carbons (Fsp3) is 0.0455. The Labute approximate surface area is 166 Å². The summed E-state index contributed by atoms with van der Waals surface area (Å²) in [5.74, 6) is -2.29. The van der Waals surface area contributed by atoms with Crippen molar-refractivity contribution in [3.05, 3.63) is 101 Å². The lowest BCUT2D eigenvalue weighted by Crippen LogP contribution is -2.41. The lowest BCUT2D eigenvalue weighted by atomic mass is 10.1. The molecule has 0 radical (unpaired) electrons. The smallest absolute Gasteiger partial charge is 0.272 e. The minimum atomic E-state index is -0.765. The summed E-state index contributed by atoms with van der Waals surface area (Å²) in [4.78, 5) is 36.3. The third-order valence-electron chi connectivity index (χ3n) is 4.09. The molecular formula is C22H18FN3O3. The summed E-state index contributed by atoms with van der Waals surface area (Å²) in [7, 11) is 0. The zero-order valence-electron chi connectivity index (χ0n) is 15.5. The van der Waals surface area contributed by atoms with Gasteiger partial charge in [0.2, 0.25) is 0 Å². The molecule has 0 unspecified atom stereocenters. The van der Waals surface area contributed by atoms with Crippen LogP contribution in [0.2, 0.25) is 0 Å². The number of hydrazine groups is 1. The molecule has 29 heavy (non-hydrogen) atoms. The van der Waals surface area contributed by atoms with Crippen LogP contribution in [-0.4, -0.2) is 17.7 Å². The quantitative estimate of drug-likeness (QED) is 0.595. The van der Waals surface area contributed by atoms with Gasteiger partial charge in [0.15, 0.2) is 0 Å². The van der Waals surface area contributed by atoms with Crippen molar-refractivity contribution >= 4 is 23.4 Å². The Kier molecular flexibility index (Phi) is 5.99. The summed E-state index contributed by atoms with van der Waals surface area (Å²) < 4.78 is 13.6. The van der Waals surface area contributed by atoms with Crippen molar-refractivity contribution in [2.24, 2.45) is 0 Å². The molecular weight excluding hydrogens is 373 g/mol. The fourth-order valence-corrected chi connectivity index (χ4v) is 2.59. The number of hydrogen-bond acceptors (Lipinski definition) is 3. The van der Waals surface area contributed by atoms with Crippen molar-refractivity contribution in [2.45, 2.75) is 6.92 Å². The summed E-state index contributed by atoms with van der Waals surface area (Å²) in [6.45, 7) is 1.90. The van der Waals surface area contributed by atoms with Crippen molar-refractivity contribution in [3.8, 4) is 0 Å². The van der Waals surface area contributed by atoms with Gasteiger partial charge in [-0.1, -0.05) is 29.8 Å². The SMILES string of the molecule is Cc1cccc(C(=O)Nc2ccc(C(=O)NNC(=O)c3ccccc3F)cc2)c1. The molecule has 0 saturated carbocycles. The van der Waals surface area contributed by atoms with Crippen LogP contribution in [0.25, 0.3) is 0 Å². The van der Waals surface area contributed by atoms with Gasteiger partial charge in [0.05, 0.1) is 5.56 Å². The van der Waals surface area contributed by atoms with Gasteiger partial charge in [0.25, 0.3) is 17.7 Å². The number of halogens is 1. The van der Waals surface area contributed by atoms with Crippen LogP contribution in [0.3, 0.4) is 0 Å². The molecule has 3 aromatic carbocycles. The molecule has 0 saturated heterocycles. The van der Waals surface area contributed by atoms with Gasteiger partial charge in [-0.3, -0.25) is 25.2 Å². The average Bonchev–Trinajstić information content (AvgIpc) is 2.72. The fourth-order valence-electron chi connectivity index (χ4n) is 2.59. The Hall–Kier alpha value is -4.00. The van der Waals surface area contributed by atoms with E-state index in [0.29, 0.717) is 11.3 Å². The molecule has 0 atom stereocenters. The van der Waals surface area contributed by atoms with E-state index in [1.54, 1.807) is 30.3 Å². The molecule has 0 spiro atoms. The summed E-state index contributed by atoms with van der Waals surface area (Å²) >= 11 is 0. The van der Waals surface area contributed by atoms with Crippen LogP contribution in [0, 0.1) is 12.7 Å². The molecule has 0 bridgehead atoms. The average molecular weight is 391 g/mol. The molecule has 6 nitrogen and oxygen atoms in total. The second-order valence-electron chi connectivity index (χ2n) is 6.29. The monoisotopic (exact) mass is 391 g/mol. The molecule has 146 valence electrons. The largest absolute Gasteiger partial charge is 0.322 e. The van der Waals surface area contributed by atoms with Crippen LogP contribution in [0.5, 0.6) is 0 Å². The van der Waals surface area contributed by atoms with Crippen LogP contribution in [0.15, 0.2) is 72.8 Å². The Morgan fingerprint density at radius 2 is 1.41 bits per heavy atom. The molecule has 0 heterocycles. The molecule has 0 aliphatic carbocycles. The van der Waals surface area contributed by atoms with E-state index < -0.39 is 17.6 Å². The molecule has 0 aliphatic heterocycles. The van der Waals surface area contributed by atoms with Crippen LogP contribution in [0.1, 0.15) is 36.6 Å². The van der Waals surface area contributed by atoms with E-state index in [0.717, 1.165) is 11.6 Å². The summed E-state index contributed by atoms with van der Waals surface area (Å²) in [6.07, 6.45) is 0. The number of amides is 3. The second-order valence-corrected chi connectivity index (χ2v) is 6.29. The number of anilines is 1. The van der Waals surface area contributed by atoms with Crippen molar-refractivity contribution in [2.75, 3.05) is 5.32 Å². The van der Waals surface area contributed by atoms with Gasteiger partial charge in [-0.2, -0.15) is 0 Å². The van der Waals surface area contributed by atoms with Crippen molar-refractivity contribution < 1.29 is 18.8 Å². The van der Waals surface area contributed by atoms with Gasteiger partial charge in [-0.25, -0.2) is 4.39 Å². The number of carbonyl (C=O) groups excluding carboxylic acids is 3. The van der Waals surface area contributed by atoms with E-state index in [1.165, 1.54) is 30.3 Å². The minimum absolute atomic E-state index is 0.179. The number of rotatable bonds is 4. The van der Waals surface area contributed by atoms with E-state index >= 15 is 0 Å². The normalized spacial score (nSPS) is 10.1. The summed E-state index contributed by atoms with van der Waals surface area (Å²) in [5, 5.41) is 2.75. The van der Waals surface area contributed by atoms with Crippen LogP contribution < -0.4 is 16.2 Å². The maximum Gasteiger partial charge on any atom is 0.272 e. The third kappa shape index (κ3) is 5.04. The van der Waals surface area contributed by atoms with Crippen molar-refractivity contribution in [1.82, 2.24) is 10.9 Å². The van der Waals surface area contributed by atoms with E-state index in [4.69, 9.17) is 0 Å². The van der Waals surface area contributed by atoms with Gasteiger partial charge in [0.1, 0.15) is 5.82 Å². The lowest BCUT2D eigenvalue weighted by Gasteiger charge is -2.09. The number of aryl methyl sites for hydroxylation is 1. The first kappa shape index (κ1) is 19.8. The molecule has 7 heteroatoms. The van der Waals surface area contributed by atoms with Gasteiger partial charge in [-0.15, -0.1) is 0 Å².